The summed E-state index contributed by atoms with van der Waals surface area (Å²) in [7, 11) is 0. The van der Waals surface area contributed by atoms with E-state index in [1.807, 2.05) is 24.4 Å². The van der Waals surface area contributed by atoms with Gasteiger partial charge in [0, 0.05) is 17.6 Å². The maximum atomic E-state index is 13.4. The van der Waals surface area contributed by atoms with Crippen LogP contribution in [-0.2, 0) is 6.54 Å². The summed E-state index contributed by atoms with van der Waals surface area (Å²) in [6.07, 6.45) is 2.03. The highest BCUT2D eigenvalue weighted by Gasteiger charge is 2.20. The zero-order chi connectivity index (χ0) is 22.0. The second kappa shape index (κ2) is 8.65. The highest BCUT2D eigenvalue weighted by molar-refractivity contribution is 7.10. The fourth-order valence-electron chi connectivity index (χ4n) is 3.37. The van der Waals surface area contributed by atoms with Crippen LogP contribution in [0.25, 0.3) is 11.0 Å². The molecule has 0 aliphatic carbocycles. The third-order valence-corrected chi connectivity index (χ3v) is 5.79. The average molecular weight is 438 g/mol. The lowest BCUT2D eigenvalue weighted by Gasteiger charge is -2.18. The summed E-state index contributed by atoms with van der Waals surface area (Å²) in [6.45, 7) is 2.31. The van der Waals surface area contributed by atoms with Gasteiger partial charge in [0.05, 0.1) is 17.0 Å². The number of rotatable bonds is 6. The Kier molecular flexibility index (Phi) is 5.77. The first kappa shape index (κ1) is 20.7. The van der Waals surface area contributed by atoms with Crippen LogP contribution >= 0.6 is 11.3 Å². The zero-order valence-electron chi connectivity index (χ0n) is 16.6. The first-order valence-corrected chi connectivity index (χ1v) is 10.6. The van der Waals surface area contributed by atoms with Crippen molar-refractivity contribution in [2.24, 2.45) is 0 Å². The van der Waals surface area contributed by atoms with E-state index in [2.05, 4.69) is 15.3 Å². The molecule has 4 rings (SSSR count). The largest absolute Gasteiger partial charge is 0.340 e. The Hall–Kier alpha value is -3.59. The predicted molar refractivity (Wildman–Crippen MR) is 117 cm³/mol. The molecule has 0 fully saturated rings. The van der Waals surface area contributed by atoms with Crippen LogP contribution < -0.4 is 16.6 Å². The van der Waals surface area contributed by atoms with Crippen molar-refractivity contribution < 1.29 is 9.18 Å². The van der Waals surface area contributed by atoms with Crippen molar-refractivity contribution in [3.05, 3.63) is 96.7 Å². The van der Waals surface area contributed by atoms with E-state index in [1.54, 1.807) is 12.1 Å². The molecule has 1 amide bonds. The van der Waals surface area contributed by atoms with E-state index in [4.69, 9.17) is 0 Å². The molecule has 3 heterocycles. The number of hydrogen-bond donors (Lipinski definition) is 2. The zero-order valence-corrected chi connectivity index (χ0v) is 17.4. The predicted octanol–water partition coefficient (Wildman–Crippen LogP) is 3.21. The molecule has 1 atom stereocenters. The van der Waals surface area contributed by atoms with Crippen LogP contribution in [0.1, 0.15) is 40.2 Å². The minimum absolute atomic E-state index is 0.162. The van der Waals surface area contributed by atoms with Gasteiger partial charge in [0.25, 0.3) is 11.5 Å². The maximum Gasteiger partial charge on any atom is 0.329 e. The van der Waals surface area contributed by atoms with Gasteiger partial charge < -0.3 is 5.32 Å². The SMILES string of the molecule is CCCn1c(=O)[nH]c(=O)c2cc(C(=O)N[C@@H](c3ccc(F)cc3)c3cccs3)cnc21. The number of fused-ring (bicyclic) bond motifs is 1. The van der Waals surface area contributed by atoms with Gasteiger partial charge in [-0.2, -0.15) is 0 Å². The number of thiophene rings is 1. The molecule has 0 aliphatic rings. The Balaban J connectivity index is 1.72. The second-order valence-electron chi connectivity index (χ2n) is 6.98. The number of carbonyl (C=O) groups excluding carboxylic acids is 1. The minimum Gasteiger partial charge on any atom is -0.340 e. The number of aromatic amines is 1. The van der Waals surface area contributed by atoms with Crippen molar-refractivity contribution in [2.45, 2.75) is 25.9 Å². The molecule has 0 bridgehead atoms. The van der Waals surface area contributed by atoms with Crippen LogP contribution in [-0.4, -0.2) is 20.4 Å². The van der Waals surface area contributed by atoms with Crippen LogP contribution in [0, 0.1) is 5.82 Å². The summed E-state index contributed by atoms with van der Waals surface area (Å²) in [5, 5.41) is 4.99. The molecule has 9 heteroatoms. The van der Waals surface area contributed by atoms with Gasteiger partial charge in [0.2, 0.25) is 0 Å². The normalized spacial score (nSPS) is 12.1. The van der Waals surface area contributed by atoms with Gasteiger partial charge in [-0.3, -0.25) is 19.1 Å². The van der Waals surface area contributed by atoms with Crippen LogP contribution in [0.2, 0.25) is 0 Å². The monoisotopic (exact) mass is 438 g/mol. The van der Waals surface area contributed by atoms with Crippen LogP contribution in [0.3, 0.4) is 0 Å². The maximum absolute atomic E-state index is 13.4. The van der Waals surface area contributed by atoms with Crippen molar-refractivity contribution in [1.82, 2.24) is 19.9 Å². The third kappa shape index (κ3) is 4.17. The van der Waals surface area contributed by atoms with E-state index >= 15 is 0 Å². The van der Waals surface area contributed by atoms with E-state index in [0.29, 0.717) is 13.0 Å². The molecule has 0 saturated carbocycles. The van der Waals surface area contributed by atoms with Crippen molar-refractivity contribution >= 4 is 28.3 Å². The second-order valence-corrected chi connectivity index (χ2v) is 7.96. The molecule has 0 radical (unpaired) electrons. The topological polar surface area (TPSA) is 96.9 Å². The van der Waals surface area contributed by atoms with Gasteiger partial charge in [0.1, 0.15) is 11.5 Å². The van der Waals surface area contributed by atoms with Gasteiger partial charge in [-0.1, -0.05) is 25.1 Å². The van der Waals surface area contributed by atoms with Gasteiger partial charge in [-0.15, -0.1) is 11.3 Å². The number of nitrogens with one attached hydrogen (secondary N) is 2. The van der Waals surface area contributed by atoms with Gasteiger partial charge in [0.15, 0.2) is 0 Å². The number of benzene rings is 1. The summed E-state index contributed by atoms with van der Waals surface area (Å²) in [5.74, 6) is -0.805. The molecule has 0 spiro atoms. The summed E-state index contributed by atoms with van der Waals surface area (Å²) < 4.78 is 14.8. The lowest BCUT2D eigenvalue weighted by molar-refractivity contribution is 0.0943. The third-order valence-electron chi connectivity index (χ3n) is 4.85. The van der Waals surface area contributed by atoms with Crippen molar-refractivity contribution in [1.29, 1.82) is 0 Å². The molecular formula is C22H19FN4O3S. The Morgan fingerprint density at radius 2 is 2.03 bits per heavy atom. The van der Waals surface area contributed by atoms with E-state index in [9.17, 15) is 18.8 Å². The summed E-state index contributed by atoms with van der Waals surface area (Å²) in [6, 6.07) is 10.6. The summed E-state index contributed by atoms with van der Waals surface area (Å²) in [4.78, 5) is 44.8. The lowest BCUT2D eigenvalue weighted by atomic mass is 10.0. The Bertz CT molecular complexity index is 1340. The molecule has 2 N–H and O–H groups in total. The molecule has 3 aromatic heterocycles. The highest BCUT2D eigenvalue weighted by Crippen LogP contribution is 2.26. The van der Waals surface area contributed by atoms with Gasteiger partial charge >= 0.3 is 5.69 Å². The van der Waals surface area contributed by atoms with Crippen LogP contribution in [0.4, 0.5) is 4.39 Å². The number of aromatic nitrogens is 3. The average Bonchev–Trinajstić information content (AvgIpc) is 3.30. The first-order chi connectivity index (χ1) is 15.0. The number of aryl methyl sites for hydroxylation is 1. The fraction of sp³-hybridized carbons (Fsp3) is 0.182. The van der Waals surface area contributed by atoms with E-state index < -0.39 is 23.2 Å². The van der Waals surface area contributed by atoms with Crippen LogP contribution in [0.15, 0.2) is 63.6 Å². The Morgan fingerprint density at radius 1 is 1.26 bits per heavy atom. The molecule has 31 heavy (non-hydrogen) atoms. The van der Waals surface area contributed by atoms with Crippen molar-refractivity contribution in [2.75, 3.05) is 0 Å². The molecule has 0 saturated heterocycles. The van der Waals surface area contributed by atoms with E-state index in [1.165, 1.54) is 40.3 Å². The lowest BCUT2D eigenvalue weighted by Crippen LogP contribution is -2.32. The standard InChI is InChI=1S/C22H19FN4O3S/c1-2-9-27-19-16(21(29)26-22(27)30)11-14(12-24-19)20(28)25-18(17-4-3-10-31-17)13-5-7-15(23)8-6-13/h3-8,10-12,18H,2,9H2,1H3,(H,25,28)(H,26,29,30)/t18-/m0/s1. The Morgan fingerprint density at radius 3 is 2.71 bits per heavy atom. The number of hydrogen-bond acceptors (Lipinski definition) is 5. The molecule has 0 aliphatic heterocycles. The Labute approximate surface area is 180 Å². The summed E-state index contributed by atoms with van der Waals surface area (Å²) >= 11 is 1.46. The molecule has 158 valence electrons. The summed E-state index contributed by atoms with van der Waals surface area (Å²) in [5.41, 5.74) is 0.0189. The fourth-order valence-corrected chi connectivity index (χ4v) is 4.17. The van der Waals surface area contributed by atoms with E-state index in [0.717, 1.165) is 10.4 Å². The van der Waals surface area contributed by atoms with Crippen molar-refractivity contribution in [3.63, 3.8) is 0 Å². The van der Waals surface area contributed by atoms with Gasteiger partial charge in [-0.25, -0.2) is 14.2 Å². The van der Waals surface area contributed by atoms with Crippen molar-refractivity contribution in [3.8, 4) is 0 Å². The minimum atomic E-state index is -0.595. The molecule has 7 nitrogen and oxygen atoms in total. The number of H-pyrrole nitrogens is 1. The van der Waals surface area contributed by atoms with Gasteiger partial charge in [-0.05, 0) is 41.6 Å². The number of halogens is 1. The number of nitrogens with zero attached hydrogens (tertiary/aromatic N) is 2. The van der Waals surface area contributed by atoms with E-state index in [-0.39, 0.29) is 22.4 Å². The van der Waals surface area contributed by atoms with Crippen LogP contribution in [0.5, 0.6) is 0 Å². The smallest absolute Gasteiger partial charge is 0.329 e. The molecule has 0 unspecified atom stereocenters. The molecule has 1 aromatic carbocycles. The number of amides is 1. The first-order valence-electron chi connectivity index (χ1n) is 9.70. The molecular weight excluding hydrogens is 419 g/mol. The molecule has 4 aromatic rings. The highest BCUT2D eigenvalue weighted by atomic mass is 32.1. The quantitative estimate of drug-likeness (QED) is 0.483. The number of carbonyl (C=O) groups is 1. The number of pyridine rings is 1.